The molecule has 0 spiro atoms. The van der Waals surface area contributed by atoms with Crippen molar-refractivity contribution in [3.63, 3.8) is 0 Å². The van der Waals surface area contributed by atoms with Gasteiger partial charge in [0.25, 0.3) is 5.91 Å². The van der Waals surface area contributed by atoms with Crippen LogP contribution >= 0.6 is 0 Å². The van der Waals surface area contributed by atoms with Crippen LogP contribution in [0, 0.1) is 0 Å². The summed E-state index contributed by atoms with van der Waals surface area (Å²) in [4.78, 5) is 40.7. The molecular formula is C24H27N3O3. The highest BCUT2D eigenvalue weighted by Gasteiger charge is 2.48. The van der Waals surface area contributed by atoms with Crippen molar-refractivity contribution in [2.75, 3.05) is 6.54 Å². The average molecular weight is 405 g/mol. The molecule has 2 aliphatic rings. The summed E-state index contributed by atoms with van der Waals surface area (Å²) in [5, 5.41) is 2.97. The van der Waals surface area contributed by atoms with E-state index in [1.54, 1.807) is 29.2 Å². The summed E-state index contributed by atoms with van der Waals surface area (Å²) in [6.07, 6.45) is 4.37. The first-order valence-electron chi connectivity index (χ1n) is 10.6. The van der Waals surface area contributed by atoms with Crippen LogP contribution in [0.2, 0.25) is 0 Å². The Morgan fingerprint density at radius 1 is 1.00 bits per heavy atom. The molecule has 0 unspecified atom stereocenters. The third-order valence-corrected chi connectivity index (χ3v) is 6.22. The second-order valence-corrected chi connectivity index (χ2v) is 8.09. The number of amides is 3. The molecule has 1 aliphatic heterocycles. The maximum atomic E-state index is 13.3. The van der Waals surface area contributed by atoms with Crippen molar-refractivity contribution in [2.45, 2.75) is 50.1 Å². The van der Waals surface area contributed by atoms with Gasteiger partial charge in [-0.25, -0.2) is 0 Å². The first-order chi connectivity index (χ1) is 14.6. The highest BCUT2D eigenvalue weighted by molar-refractivity contribution is 6.06. The number of carbonyl (C=O) groups excluding carboxylic acids is 3. The van der Waals surface area contributed by atoms with E-state index in [-0.39, 0.29) is 17.9 Å². The van der Waals surface area contributed by atoms with Gasteiger partial charge in [-0.2, -0.15) is 0 Å². The second kappa shape index (κ2) is 8.69. The number of nitrogens with two attached hydrogens (primary N) is 1. The molecule has 1 fully saturated rings. The highest BCUT2D eigenvalue weighted by atomic mass is 16.2. The van der Waals surface area contributed by atoms with Crippen LogP contribution in [0.4, 0.5) is 0 Å². The molecule has 2 aromatic rings. The van der Waals surface area contributed by atoms with E-state index in [0.717, 1.165) is 31.2 Å². The SMILES string of the molecule is NC(=O)[C@H]1[C@H](C(=O)NCCc2ccccc2)c2ccccc2C(=O)N1C1CCCC1. The van der Waals surface area contributed by atoms with Crippen molar-refractivity contribution in [3.05, 3.63) is 71.3 Å². The summed E-state index contributed by atoms with van der Waals surface area (Å²) in [7, 11) is 0. The summed E-state index contributed by atoms with van der Waals surface area (Å²) < 4.78 is 0. The van der Waals surface area contributed by atoms with Crippen molar-refractivity contribution in [3.8, 4) is 0 Å². The van der Waals surface area contributed by atoms with Crippen molar-refractivity contribution < 1.29 is 14.4 Å². The van der Waals surface area contributed by atoms with Gasteiger partial charge in [-0.1, -0.05) is 61.4 Å². The third-order valence-electron chi connectivity index (χ3n) is 6.22. The standard InChI is InChI=1S/C24H27N3O3/c25-22(28)21-20(23(29)26-15-14-16-8-2-1-3-9-16)18-12-6-7-13-19(18)24(30)27(21)17-10-4-5-11-17/h1-3,6-9,12-13,17,20-21H,4-5,10-11,14-15H2,(H2,25,28)(H,26,29)/t20-,21-/m1/s1. The van der Waals surface area contributed by atoms with Gasteiger partial charge < -0.3 is 16.0 Å². The fraction of sp³-hybridized carbons (Fsp3) is 0.375. The Balaban J connectivity index is 1.62. The number of benzene rings is 2. The predicted molar refractivity (Wildman–Crippen MR) is 114 cm³/mol. The number of rotatable bonds is 6. The molecule has 1 saturated carbocycles. The van der Waals surface area contributed by atoms with Gasteiger partial charge in [0.2, 0.25) is 11.8 Å². The summed E-state index contributed by atoms with van der Waals surface area (Å²) in [5.41, 5.74) is 7.97. The molecule has 4 rings (SSSR count). The molecule has 0 aromatic heterocycles. The summed E-state index contributed by atoms with van der Waals surface area (Å²) in [6, 6.07) is 16.0. The number of hydrogen-bond acceptors (Lipinski definition) is 3. The van der Waals surface area contributed by atoms with Crippen LogP contribution < -0.4 is 11.1 Å². The van der Waals surface area contributed by atoms with Gasteiger partial charge in [0.15, 0.2) is 0 Å². The normalized spacial score (nSPS) is 21.3. The summed E-state index contributed by atoms with van der Waals surface area (Å²) >= 11 is 0. The lowest BCUT2D eigenvalue weighted by atomic mass is 9.80. The van der Waals surface area contributed by atoms with E-state index in [0.29, 0.717) is 24.1 Å². The van der Waals surface area contributed by atoms with Crippen molar-refractivity contribution >= 4 is 17.7 Å². The average Bonchev–Trinajstić information content (AvgIpc) is 3.28. The first kappa shape index (κ1) is 20.1. The number of fused-ring (bicyclic) bond motifs is 1. The lowest BCUT2D eigenvalue weighted by molar-refractivity contribution is -0.131. The zero-order chi connectivity index (χ0) is 21.1. The third kappa shape index (κ3) is 3.82. The van der Waals surface area contributed by atoms with Gasteiger partial charge in [-0.3, -0.25) is 14.4 Å². The molecule has 6 nitrogen and oxygen atoms in total. The molecule has 0 radical (unpaired) electrons. The van der Waals surface area contributed by atoms with E-state index in [2.05, 4.69) is 5.32 Å². The highest BCUT2D eigenvalue weighted by Crippen LogP contribution is 2.38. The fourth-order valence-corrected chi connectivity index (χ4v) is 4.81. The van der Waals surface area contributed by atoms with Crippen molar-refractivity contribution in [1.29, 1.82) is 0 Å². The molecule has 6 heteroatoms. The van der Waals surface area contributed by atoms with E-state index in [1.807, 2.05) is 30.3 Å². The Kier molecular flexibility index (Phi) is 5.84. The lowest BCUT2D eigenvalue weighted by Crippen LogP contribution is -2.60. The molecule has 1 heterocycles. The van der Waals surface area contributed by atoms with Crippen LogP contribution in [0.3, 0.4) is 0 Å². The van der Waals surface area contributed by atoms with Crippen LogP contribution in [-0.4, -0.2) is 41.2 Å². The molecule has 2 aromatic carbocycles. The maximum absolute atomic E-state index is 13.3. The van der Waals surface area contributed by atoms with Gasteiger partial charge in [0.1, 0.15) is 6.04 Å². The Labute approximate surface area is 176 Å². The number of nitrogens with one attached hydrogen (secondary N) is 1. The van der Waals surface area contributed by atoms with Gasteiger partial charge in [0, 0.05) is 18.2 Å². The minimum Gasteiger partial charge on any atom is -0.368 e. The zero-order valence-corrected chi connectivity index (χ0v) is 16.9. The molecule has 3 amide bonds. The Morgan fingerprint density at radius 3 is 2.37 bits per heavy atom. The van der Waals surface area contributed by atoms with Gasteiger partial charge in [0.05, 0.1) is 5.92 Å². The number of nitrogens with zero attached hydrogens (tertiary/aromatic N) is 1. The Hall–Kier alpha value is -3.15. The van der Waals surface area contributed by atoms with E-state index in [1.165, 1.54) is 0 Å². The van der Waals surface area contributed by atoms with Crippen LogP contribution in [0.1, 0.15) is 53.1 Å². The summed E-state index contributed by atoms with van der Waals surface area (Å²) in [6.45, 7) is 0.449. The smallest absolute Gasteiger partial charge is 0.255 e. The zero-order valence-electron chi connectivity index (χ0n) is 16.9. The minimum absolute atomic E-state index is 0.0528. The molecule has 30 heavy (non-hydrogen) atoms. The molecule has 0 bridgehead atoms. The van der Waals surface area contributed by atoms with Gasteiger partial charge in [-0.05, 0) is 36.5 Å². The fourth-order valence-electron chi connectivity index (χ4n) is 4.81. The van der Waals surface area contributed by atoms with Crippen LogP contribution in [0.15, 0.2) is 54.6 Å². The number of primary amides is 1. The van der Waals surface area contributed by atoms with Crippen LogP contribution in [0.25, 0.3) is 0 Å². The van der Waals surface area contributed by atoms with Crippen LogP contribution in [-0.2, 0) is 16.0 Å². The van der Waals surface area contributed by atoms with E-state index in [4.69, 9.17) is 5.73 Å². The first-order valence-corrected chi connectivity index (χ1v) is 10.6. The van der Waals surface area contributed by atoms with Crippen molar-refractivity contribution in [1.82, 2.24) is 10.2 Å². The monoisotopic (exact) mass is 405 g/mol. The van der Waals surface area contributed by atoms with Gasteiger partial charge in [-0.15, -0.1) is 0 Å². The van der Waals surface area contributed by atoms with Crippen molar-refractivity contribution in [2.24, 2.45) is 5.73 Å². The molecular weight excluding hydrogens is 378 g/mol. The van der Waals surface area contributed by atoms with E-state index < -0.39 is 17.9 Å². The van der Waals surface area contributed by atoms with Crippen LogP contribution in [0.5, 0.6) is 0 Å². The molecule has 2 atom stereocenters. The topological polar surface area (TPSA) is 92.5 Å². The predicted octanol–water partition coefficient (Wildman–Crippen LogP) is 2.38. The Morgan fingerprint density at radius 2 is 1.67 bits per heavy atom. The molecule has 0 saturated heterocycles. The maximum Gasteiger partial charge on any atom is 0.255 e. The summed E-state index contributed by atoms with van der Waals surface area (Å²) in [5.74, 6) is -1.90. The largest absolute Gasteiger partial charge is 0.368 e. The lowest BCUT2D eigenvalue weighted by Gasteiger charge is -2.43. The van der Waals surface area contributed by atoms with Gasteiger partial charge >= 0.3 is 0 Å². The quantitative estimate of drug-likeness (QED) is 0.773. The molecule has 1 aliphatic carbocycles. The Bertz CT molecular complexity index is 938. The second-order valence-electron chi connectivity index (χ2n) is 8.09. The van der Waals surface area contributed by atoms with E-state index >= 15 is 0 Å². The molecule has 3 N–H and O–H groups in total. The van der Waals surface area contributed by atoms with E-state index in [9.17, 15) is 14.4 Å². The number of carbonyl (C=O) groups is 3. The molecule has 156 valence electrons. The minimum atomic E-state index is -0.966. The number of hydrogen-bond donors (Lipinski definition) is 2.